The summed E-state index contributed by atoms with van der Waals surface area (Å²) in [4.78, 5) is 22.3. The van der Waals surface area contributed by atoms with Crippen LogP contribution in [0.4, 0.5) is 0 Å². The van der Waals surface area contributed by atoms with E-state index in [9.17, 15) is 4.79 Å². The summed E-state index contributed by atoms with van der Waals surface area (Å²) < 4.78 is 0. The topological polar surface area (TPSA) is 49.0 Å². The maximum atomic E-state index is 12.2. The number of likely N-dealkylation sites (tertiary alicyclic amines) is 1. The summed E-state index contributed by atoms with van der Waals surface area (Å²) in [5.41, 5.74) is 3.39. The quantitative estimate of drug-likeness (QED) is 0.844. The Morgan fingerprint density at radius 2 is 2.18 bits per heavy atom. The standard InChI is InChI=1S/C17H22BrN3O/c1-3-13(18)17(22)21-8-6-12(7-9-21)16-19-14-5-4-11(2)10-15(14)20-16/h4-5,10,12-13H,3,6-9H2,1-2H3,(H,19,20). The number of aryl methyl sites for hydroxylation is 1. The maximum Gasteiger partial charge on any atom is 0.236 e. The van der Waals surface area contributed by atoms with Crippen LogP contribution in [0.15, 0.2) is 18.2 Å². The van der Waals surface area contributed by atoms with Crippen molar-refractivity contribution in [2.45, 2.75) is 43.9 Å². The number of nitrogens with one attached hydrogen (secondary N) is 1. The number of rotatable bonds is 3. The molecule has 2 aromatic rings. The molecule has 0 spiro atoms. The number of halogens is 1. The van der Waals surface area contributed by atoms with Gasteiger partial charge in [0, 0.05) is 19.0 Å². The molecule has 1 amide bonds. The number of hydrogen-bond acceptors (Lipinski definition) is 2. The highest BCUT2D eigenvalue weighted by molar-refractivity contribution is 9.10. The molecule has 22 heavy (non-hydrogen) atoms. The highest BCUT2D eigenvalue weighted by Gasteiger charge is 2.28. The predicted molar refractivity (Wildman–Crippen MR) is 92.4 cm³/mol. The van der Waals surface area contributed by atoms with Crippen molar-refractivity contribution >= 4 is 32.9 Å². The molecular formula is C17H22BrN3O. The number of H-pyrrole nitrogens is 1. The normalized spacial score (nSPS) is 17.9. The number of aromatic amines is 1. The number of piperidine rings is 1. The van der Waals surface area contributed by atoms with Crippen molar-refractivity contribution in [1.29, 1.82) is 0 Å². The van der Waals surface area contributed by atoms with Gasteiger partial charge in [-0.15, -0.1) is 0 Å². The SMILES string of the molecule is CCC(Br)C(=O)N1CCC(c2nc3ccc(C)cc3[nH]2)CC1. The summed E-state index contributed by atoms with van der Waals surface area (Å²) >= 11 is 3.46. The number of alkyl halides is 1. The number of aromatic nitrogens is 2. The molecule has 4 nitrogen and oxygen atoms in total. The lowest BCUT2D eigenvalue weighted by Gasteiger charge is -2.32. The van der Waals surface area contributed by atoms with Gasteiger partial charge in [0.2, 0.25) is 5.91 Å². The van der Waals surface area contributed by atoms with Gasteiger partial charge in [-0.25, -0.2) is 4.98 Å². The van der Waals surface area contributed by atoms with Gasteiger partial charge in [0.1, 0.15) is 5.82 Å². The van der Waals surface area contributed by atoms with Crippen molar-refractivity contribution in [3.8, 4) is 0 Å². The number of imidazole rings is 1. The number of carbonyl (C=O) groups is 1. The fraction of sp³-hybridized carbons (Fsp3) is 0.529. The van der Waals surface area contributed by atoms with Crippen LogP contribution in [0.3, 0.4) is 0 Å². The molecule has 0 aliphatic carbocycles. The number of nitrogens with zero attached hydrogens (tertiary/aromatic N) is 2. The molecule has 1 N–H and O–H groups in total. The maximum absolute atomic E-state index is 12.2. The Morgan fingerprint density at radius 3 is 2.86 bits per heavy atom. The van der Waals surface area contributed by atoms with Gasteiger partial charge in [-0.3, -0.25) is 4.79 Å². The van der Waals surface area contributed by atoms with E-state index in [1.165, 1.54) is 5.56 Å². The van der Waals surface area contributed by atoms with Crippen LogP contribution in [0.5, 0.6) is 0 Å². The van der Waals surface area contributed by atoms with Crippen molar-refractivity contribution < 1.29 is 4.79 Å². The van der Waals surface area contributed by atoms with Gasteiger partial charge in [0.15, 0.2) is 0 Å². The van der Waals surface area contributed by atoms with E-state index in [0.717, 1.165) is 49.2 Å². The van der Waals surface area contributed by atoms with Gasteiger partial charge in [0.25, 0.3) is 0 Å². The Morgan fingerprint density at radius 1 is 1.45 bits per heavy atom. The first-order valence-corrected chi connectivity index (χ1v) is 8.89. The van der Waals surface area contributed by atoms with Crippen molar-refractivity contribution in [1.82, 2.24) is 14.9 Å². The third kappa shape index (κ3) is 3.05. The number of hydrogen-bond donors (Lipinski definition) is 1. The number of amides is 1. The first-order valence-electron chi connectivity index (χ1n) is 7.97. The average molecular weight is 364 g/mol. The molecule has 1 atom stereocenters. The van der Waals surface area contributed by atoms with E-state index < -0.39 is 0 Å². The number of benzene rings is 1. The Bertz CT molecular complexity index is 674. The summed E-state index contributed by atoms with van der Waals surface area (Å²) in [5, 5.41) is 0. The highest BCUT2D eigenvalue weighted by Crippen LogP contribution is 2.28. The molecule has 1 unspecified atom stereocenters. The van der Waals surface area contributed by atoms with Gasteiger partial charge < -0.3 is 9.88 Å². The van der Waals surface area contributed by atoms with Gasteiger partial charge in [-0.05, 0) is 43.9 Å². The number of fused-ring (bicyclic) bond motifs is 1. The fourth-order valence-corrected chi connectivity index (χ4v) is 3.37. The third-order valence-electron chi connectivity index (χ3n) is 4.48. The summed E-state index contributed by atoms with van der Waals surface area (Å²) in [6.45, 7) is 5.76. The second-order valence-electron chi connectivity index (χ2n) is 6.12. The van der Waals surface area contributed by atoms with E-state index >= 15 is 0 Å². The Kier molecular flexibility index (Phi) is 4.52. The zero-order chi connectivity index (χ0) is 15.7. The summed E-state index contributed by atoms with van der Waals surface area (Å²) in [6.07, 6.45) is 2.80. The lowest BCUT2D eigenvalue weighted by Crippen LogP contribution is -2.41. The zero-order valence-electron chi connectivity index (χ0n) is 13.1. The third-order valence-corrected chi connectivity index (χ3v) is 5.51. The van der Waals surface area contributed by atoms with Crippen molar-refractivity contribution in [3.05, 3.63) is 29.6 Å². The predicted octanol–water partition coefficient (Wildman–Crippen LogP) is 3.75. The molecule has 0 saturated carbocycles. The van der Waals surface area contributed by atoms with Gasteiger partial charge in [-0.2, -0.15) is 0 Å². The molecular weight excluding hydrogens is 342 g/mol. The zero-order valence-corrected chi connectivity index (χ0v) is 14.7. The molecule has 0 radical (unpaired) electrons. The molecule has 1 fully saturated rings. The van der Waals surface area contributed by atoms with E-state index in [1.54, 1.807) is 0 Å². The van der Waals surface area contributed by atoms with E-state index in [-0.39, 0.29) is 10.7 Å². The van der Waals surface area contributed by atoms with Gasteiger partial charge in [0.05, 0.1) is 15.9 Å². The van der Waals surface area contributed by atoms with E-state index in [0.29, 0.717) is 5.92 Å². The molecule has 5 heteroatoms. The lowest BCUT2D eigenvalue weighted by atomic mass is 9.96. The van der Waals surface area contributed by atoms with Crippen LogP contribution in [0.25, 0.3) is 11.0 Å². The van der Waals surface area contributed by atoms with E-state index in [4.69, 9.17) is 4.98 Å². The van der Waals surface area contributed by atoms with E-state index in [2.05, 4.69) is 46.0 Å². The van der Waals surface area contributed by atoms with Crippen LogP contribution in [-0.4, -0.2) is 38.7 Å². The largest absolute Gasteiger partial charge is 0.342 e. The van der Waals surface area contributed by atoms with Crippen molar-refractivity contribution in [2.75, 3.05) is 13.1 Å². The monoisotopic (exact) mass is 363 g/mol. The first kappa shape index (κ1) is 15.5. The minimum Gasteiger partial charge on any atom is -0.342 e. The molecule has 2 heterocycles. The minimum atomic E-state index is -0.0433. The molecule has 1 aliphatic rings. The Balaban J connectivity index is 1.68. The van der Waals surface area contributed by atoms with Crippen LogP contribution in [0, 0.1) is 6.92 Å². The lowest BCUT2D eigenvalue weighted by molar-refractivity contribution is -0.131. The smallest absolute Gasteiger partial charge is 0.236 e. The second kappa shape index (κ2) is 6.41. The number of carbonyl (C=O) groups excluding carboxylic acids is 1. The minimum absolute atomic E-state index is 0.0433. The second-order valence-corrected chi connectivity index (χ2v) is 7.22. The molecule has 1 aliphatic heterocycles. The molecule has 118 valence electrons. The molecule has 1 saturated heterocycles. The van der Waals surface area contributed by atoms with Gasteiger partial charge >= 0.3 is 0 Å². The van der Waals surface area contributed by atoms with Crippen LogP contribution >= 0.6 is 15.9 Å². The Hall–Kier alpha value is -1.36. The molecule has 1 aromatic carbocycles. The van der Waals surface area contributed by atoms with Crippen LogP contribution in [-0.2, 0) is 4.79 Å². The molecule has 3 rings (SSSR count). The van der Waals surface area contributed by atoms with Crippen molar-refractivity contribution in [3.63, 3.8) is 0 Å². The van der Waals surface area contributed by atoms with Crippen LogP contribution < -0.4 is 0 Å². The summed E-state index contributed by atoms with van der Waals surface area (Å²) in [7, 11) is 0. The highest BCUT2D eigenvalue weighted by atomic mass is 79.9. The first-order chi connectivity index (χ1) is 10.6. The summed E-state index contributed by atoms with van der Waals surface area (Å²) in [6, 6.07) is 6.30. The van der Waals surface area contributed by atoms with Crippen LogP contribution in [0.1, 0.15) is 43.5 Å². The Labute approximate surface area is 139 Å². The van der Waals surface area contributed by atoms with Crippen molar-refractivity contribution in [2.24, 2.45) is 0 Å². The summed E-state index contributed by atoms with van der Waals surface area (Å²) in [5.74, 6) is 1.71. The van der Waals surface area contributed by atoms with Gasteiger partial charge in [-0.1, -0.05) is 28.9 Å². The fourth-order valence-electron chi connectivity index (χ4n) is 3.08. The van der Waals surface area contributed by atoms with Crippen LogP contribution in [0.2, 0.25) is 0 Å². The van der Waals surface area contributed by atoms with E-state index in [1.807, 2.05) is 11.8 Å². The molecule has 0 bridgehead atoms. The average Bonchev–Trinajstić information content (AvgIpc) is 2.96. The molecule has 1 aromatic heterocycles.